The van der Waals surface area contributed by atoms with Crippen molar-refractivity contribution in [3.63, 3.8) is 0 Å². The van der Waals surface area contributed by atoms with Crippen LogP contribution in [0.4, 0.5) is 5.69 Å². The average molecular weight is 324 g/mol. The summed E-state index contributed by atoms with van der Waals surface area (Å²) in [6, 6.07) is 13.4. The Bertz CT molecular complexity index is 738. The minimum Gasteiger partial charge on any atom is -0.355 e. The summed E-state index contributed by atoms with van der Waals surface area (Å²) in [4.78, 5) is 24.0. The molecular formula is C20H24N2O2. The molecule has 0 fully saturated rings. The normalized spacial score (nSPS) is 10.3. The minimum atomic E-state index is -0.207. The molecule has 0 radical (unpaired) electrons. The van der Waals surface area contributed by atoms with Gasteiger partial charge in [0.2, 0.25) is 5.91 Å². The van der Waals surface area contributed by atoms with Gasteiger partial charge in [-0.15, -0.1) is 0 Å². The summed E-state index contributed by atoms with van der Waals surface area (Å²) in [5.74, 6) is -0.281. The number of amides is 2. The van der Waals surface area contributed by atoms with Gasteiger partial charge in [0.05, 0.1) is 11.3 Å². The molecule has 0 saturated carbocycles. The molecule has 2 aromatic carbocycles. The number of aryl methyl sites for hydroxylation is 3. The molecule has 2 N–H and O–H groups in total. The fourth-order valence-corrected chi connectivity index (χ4v) is 2.55. The topological polar surface area (TPSA) is 58.2 Å². The number of rotatable bonds is 6. The maximum atomic E-state index is 12.1. The summed E-state index contributed by atoms with van der Waals surface area (Å²) >= 11 is 0. The summed E-state index contributed by atoms with van der Waals surface area (Å²) in [7, 11) is 1.57. The first-order valence-corrected chi connectivity index (χ1v) is 8.18. The number of nitrogens with one attached hydrogen (secondary N) is 2. The van der Waals surface area contributed by atoms with Gasteiger partial charge in [0, 0.05) is 13.5 Å². The van der Waals surface area contributed by atoms with Gasteiger partial charge in [-0.2, -0.15) is 0 Å². The van der Waals surface area contributed by atoms with Gasteiger partial charge in [-0.05, 0) is 55.5 Å². The summed E-state index contributed by atoms with van der Waals surface area (Å²) in [6.07, 6.45) is 2.07. The molecule has 0 unspecified atom stereocenters. The summed E-state index contributed by atoms with van der Waals surface area (Å²) < 4.78 is 0. The molecule has 4 nitrogen and oxygen atoms in total. The van der Waals surface area contributed by atoms with E-state index in [1.54, 1.807) is 31.3 Å². The van der Waals surface area contributed by atoms with E-state index in [1.807, 2.05) is 0 Å². The van der Waals surface area contributed by atoms with Crippen molar-refractivity contribution in [2.75, 3.05) is 12.4 Å². The zero-order chi connectivity index (χ0) is 17.5. The highest BCUT2D eigenvalue weighted by molar-refractivity contribution is 6.03. The SMILES string of the molecule is CNC(=O)c1ccccc1NC(=O)CCCc1ccc(C)c(C)c1. The van der Waals surface area contributed by atoms with Crippen LogP contribution in [0.5, 0.6) is 0 Å². The number of carbonyl (C=O) groups is 2. The molecule has 4 heteroatoms. The lowest BCUT2D eigenvalue weighted by Crippen LogP contribution is -2.21. The number of para-hydroxylation sites is 1. The Kier molecular flexibility index (Phi) is 6.13. The first kappa shape index (κ1) is 17.7. The number of benzene rings is 2. The van der Waals surface area contributed by atoms with Gasteiger partial charge in [0.1, 0.15) is 0 Å². The smallest absolute Gasteiger partial charge is 0.253 e. The van der Waals surface area contributed by atoms with Gasteiger partial charge in [0.25, 0.3) is 5.91 Å². The van der Waals surface area contributed by atoms with Crippen LogP contribution in [0.3, 0.4) is 0 Å². The van der Waals surface area contributed by atoms with Crippen molar-refractivity contribution in [2.24, 2.45) is 0 Å². The van der Waals surface area contributed by atoms with Crippen molar-refractivity contribution in [3.05, 3.63) is 64.7 Å². The monoisotopic (exact) mass is 324 g/mol. The van der Waals surface area contributed by atoms with E-state index in [9.17, 15) is 9.59 Å². The van der Waals surface area contributed by atoms with Crippen molar-refractivity contribution in [1.29, 1.82) is 0 Å². The molecular weight excluding hydrogens is 300 g/mol. The molecule has 2 rings (SSSR count). The van der Waals surface area contributed by atoms with Gasteiger partial charge in [-0.25, -0.2) is 0 Å². The third-order valence-electron chi connectivity index (χ3n) is 4.11. The van der Waals surface area contributed by atoms with E-state index in [2.05, 4.69) is 42.7 Å². The average Bonchev–Trinajstić information content (AvgIpc) is 2.58. The molecule has 0 atom stereocenters. The standard InChI is InChI=1S/C20H24N2O2/c1-14-11-12-16(13-15(14)2)7-6-10-19(23)22-18-9-5-4-8-17(18)20(24)21-3/h4-5,8-9,11-13H,6-7,10H2,1-3H3,(H,21,24)(H,22,23). The fraction of sp³-hybridized carbons (Fsp3) is 0.300. The van der Waals surface area contributed by atoms with Crippen LogP contribution < -0.4 is 10.6 Å². The second-order valence-corrected chi connectivity index (χ2v) is 5.95. The quantitative estimate of drug-likeness (QED) is 0.852. The Labute approximate surface area is 143 Å². The van der Waals surface area contributed by atoms with Gasteiger partial charge in [-0.1, -0.05) is 30.3 Å². The minimum absolute atomic E-state index is 0.0739. The summed E-state index contributed by atoms with van der Waals surface area (Å²) in [6.45, 7) is 4.19. The maximum Gasteiger partial charge on any atom is 0.253 e. The van der Waals surface area contributed by atoms with Gasteiger partial charge < -0.3 is 10.6 Å². The number of carbonyl (C=O) groups excluding carboxylic acids is 2. The molecule has 0 saturated heterocycles. The molecule has 0 bridgehead atoms. The van der Waals surface area contributed by atoms with E-state index in [-0.39, 0.29) is 11.8 Å². The zero-order valence-corrected chi connectivity index (χ0v) is 14.5. The molecule has 0 aliphatic carbocycles. The highest BCUT2D eigenvalue weighted by atomic mass is 16.2. The van der Waals surface area contributed by atoms with Crippen molar-refractivity contribution in [2.45, 2.75) is 33.1 Å². The Morgan fingerprint density at radius 3 is 2.46 bits per heavy atom. The Morgan fingerprint density at radius 2 is 1.75 bits per heavy atom. The van der Waals surface area contributed by atoms with E-state index in [0.717, 1.165) is 12.8 Å². The zero-order valence-electron chi connectivity index (χ0n) is 14.5. The van der Waals surface area contributed by atoms with Crippen molar-refractivity contribution in [3.8, 4) is 0 Å². The summed E-state index contributed by atoms with van der Waals surface area (Å²) in [5, 5.41) is 5.41. The van der Waals surface area contributed by atoms with Crippen molar-refractivity contribution < 1.29 is 9.59 Å². The molecule has 2 aromatic rings. The van der Waals surface area contributed by atoms with Crippen LogP contribution in [0.1, 0.15) is 39.9 Å². The van der Waals surface area contributed by atoms with E-state index in [1.165, 1.54) is 16.7 Å². The third-order valence-corrected chi connectivity index (χ3v) is 4.11. The van der Waals surface area contributed by atoms with Crippen LogP contribution in [0, 0.1) is 13.8 Å². The molecule has 0 aromatic heterocycles. The van der Waals surface area contributed by atoms with Crippen LogP contribution >= 0.6 is 0 Å². The molecule has 0 aliphatic rings. The lowest BCUT2D eigenvalue weighted by Gasteiger charge is -2.10. The van der Waals surface area contributed by atoms with E-state index >= 15 is 0 Å². The van der Waals surface area contributed by atoms with Crippen molar-refractivity contribution in [1.82, 2.24) is 5.32 Å². The maximum absolute atomic E-state index is 12.1. The van der Waals surface area contributed by atoms with Crippen LogP contribution in [-0.2, 0) is 11.2 Å². The highest BCUT2D eigenvalue weighted by Crippen LogP contribution is 2.16. The van der Waals surface area contributed by atoms with E-state index < -0.39 is 0 Å². The highest BCUT2D eigenvalue weighted by Gasteiger charge is 2.11. The Balaban J connectivity index is 1.90. The molecule has 24 heavy (non-hydrogen) atoms. The van der Waals surface area contributed by atoms with Crippen LogP contribution in [0.2, 0.25) is 0 Å². The number of hydrogen-bond acceptors (Lipinski definition) is 2. The lowest BCUT2D eigenvalue weighted by atomic mass is 10.0. The number of anilines is 1. The van der Waals surface area contributed by atoms with Gasteiger partial charge in [0.15, 0.2) is 0 Å². The first-order chi connectivity index (χ1) is 11.5. The molecule has 2 amide bonds. The molecule has 0 heterocycles. The van der Waals surface area contributed by atoms with Crippen LogP contribution in [0.25, 0.3) is 0 Å². The lowest BCUT2D eigenvalue weighted by molar-refractivity contribution is -0.116. The second-order valence-electron chi connectivity index (χ2n) is 5.95. The third kappa shape index (κ3) is 4.69. The van der Waals surface area contributed by atoms with Gasteiger partial charge in [-0.3, -0.25) is 9.59 Å². The summed E-state index contributed by atoms with van der Waals surface area (Å²) in [5.41, 5.74) is 4.82. The second kappa shape index (κ2) is 8.29. The molecule has 126 valence electrons. The van der Waals surface area contributed by atoms with Crippen LogP contribution in [0.15, 0.2) is 42.5 Å². The molecule has 0 spiro atoms. The number of hydrogen-bond donors (Lipinski definition) is 2. The van der Waals surface area contributed by atoms with Crippen LogP contribution in [-0.4, -0.2) is 18.9 Å². The molecule has 0 aliphatic heterocycles. The Morgan fingerprint density at radius 1 is 1.00 bits per heavy atom. The van der Waals surface area contributed by atoms with E-state index in [4.69, 9.17) is 0 Å². The first-order valence-electron chi connectivity index (χ1n) is 8.18. The van der Waals surface area contributed by atoms with Crippen molar-refractivity contribution >= 4 is 17.5 Å². The largest absolute Gasteiger partial charge is 0.355 e. The predicted octanol–water partition coefficient (Wildman–Crippen LogP) is 3.62. The van der Waals surface area contributed by atoms with E-state index in [0.29, 0.717) is 17.7 Å². The Hall–Kier alpha value is -2.62. The predicted molar refractivity (Wildman–Crippen MR) is 97.3 cm³/mol. The fourth-order valence-electron chi connectivity index (χ4n) is 2.55. The van der Waals surface area contributed by atoms with Gasteiger partial charge >= 0.3 is 0 Å².